The maximum absolute atomic E-state index is 7.64. The molecule has 0 radical (unpaired) electrons. The van der Waals surface area contributed by atoms with Crippen molar-refractivity contribution in [3.05, 3.63) is 108 Å². The lowest BCUT2D eigenvalue weighted by molar-refractivity contribution is 0.000421. The Kier molecular flexibility index (Phi) is 11.6. The van der Waals surface area contributed by atoms with Gasteiger partial charge in [0.25, 0.3) is 0 Å². The molecule has 1 saturated heterocycles. The first kappa shape index (κ1) is 35.8. The molecule has 4 nitrogen and oxygen atoms in total. The number of ether oxygens (including phenoxy) is 1. The summed E-state index contributed by atoms with van der Waals surface area (Å²) < 4.78 is 25.3. The summed E-state index contributed by atoms with van der Waals surface area (Å²) in [6, 6.07) is 32.5. The van der Waals surface area contributed by atoms with Gasteiger partial charge in [0.2, 0.25) is 0 Å². The second-order valence-corrected chi connectivity index (χ2v) is 26.8. The Bertz CT molecular complexity index is 1270. The molecular weight excluding hydrogens is 621 g/mol. The Balaban J connectivity index is 1.44. The summed E-state index contributed by atoms with van der Waals surface area (Å²) in [5.41, 5.74) is 2.64. The molecule has 3 aliphatic rings. The molecular formula is C41H60BNO3Si2. The number of nitrogens with zero attached hydrogens (tertiary/aromatic N) is 1. The van der Waals surface area contributed by atoms with Crippen molar-refractivity contribution in [2.75, 3.05) is 6.61 Å². The Hall–Kier alpha value is -2.00. The van der Waals surface area contributed by atoms with Crippen LogP contribution in [0.4, 0.5) is 0 Å². The van der Waals surface area contributed by atoms with Gasteiger partial charge < -0.3 is 18.3 Å². The fraction of sp³-hybridized carbons (Fsp3) is 0.561. The monoisotopic (exact) mass is 681 g/mol. The summed E-state index contributed by atoms with van der Waals surface area (Å²) in [5, 5.41) is 0. The van der Waals surface area contributed by atoms with E-state index in [4.69, 9.17) is 14.0 Å². The van der Waals surface area contributed by atoms with E-state index in [9.17, 15) is 0 Å². The number of hydrogen-bond donors (Lipinski definition) is 0. The summed E-state index contributed by atoms with van der Waals surface area (Å²) in [6.45, 7) is 15.5. The van der Waals surface area contributed by atoms with Gasteiger partial charge in [0.15, 0.2) is 0 Å². The topological polar surface area (TPSA) is 30.9 Å². The minimum Gasteiger partial charge on any atom is -0.404 e. The van der Waals surface area contributed by atoms with Gasteiger partial charge in [-0.05, 0) is 54.2 Å². The zero-order chi connectivity index (χ0) is 33.8. The van der Waals surface area contributed by atoms with Gasteiger partial charge >= 0.3 is 7.12 Å². The lowest BCUT2D eigenvalue weighted by atomic mass is 9.77. The maximum Gasteiger partial charge on any atom is 0.476 e. The quantitative estimate of drug-likeness (QED) is 0.141. The standard InChI is InChI=1S/C41H60BNO3Si2/c1-47(2,3)43(48(4,5)6)38(42-45-39(33-22-12-7-13-23-33)40(46-42)34-24-14-8-15-25-34)32-44-41(35-26-16-9-17-27-35,36-28-18-10-19-29-36)37-30-20-11-21-31-37/h9-11,16-21,26-31,33-34,38-40H,7-8,12-15,22-25,32H2,1-6H3/t38-,39+,40+/m1/s1. The van der Waals surface area contributed by atoms with Crippen molar-refractivity contribution in [2.24, 2.45) is 11.8 Å². The Labute approximate surface area is 294 Å². The second kappa shape index (κ2) is 15.5. The summed E-state index contributed by atoms with van der Waals surface area (Å²) in [4.78, 5) is 0. The third kappa shape index (κ3) is 7.82. The van der Waals surface area contributed by atoms with Gasteiger partial charge in [-0.3, -0.25) is 0 Å². The van der Waals surface area contributed by atoms with Gasteiger partial charge in [0, 0.05) is 0 Å². The van der Waals surface area contributed by atoms with E-state index >= 15 is 0 Å². The number of hydrogen-bond acceptors (Lipinski definition) is 4. The van der Waals surface area contributed by atoms with E-state index in [0.29, 0.717) is 18.4 Å². The SMILES string of the molecule is C[Si](C)(C)N([C@H](COC(c1ccccc1)(c1ccccc1)c1ccccc1)B1O[C@@H](C2CCCCC2)[C@H](C2CCCCC2)O1)[Si](C)(C)C. The zero-order valence-corrected chi connectivity index (χ0v) is 32.6. The molecule has 48 heavy (non-hydrogen) atoms. The van der Waals surface area contributed by atoms with E-state index in [0.717, 1.165) is 16.7 Å². The third-order valence-electron chi connectivity index (χ3n) is 11.2. The van der Waals surface area contributed by atoms with Crippen LogP contribution in [0.5, 0.6) is 0 Å². The highest BCUT2D eigenvalue weighted by Gasteiger charge is 2.55. The van der Waals surface area contributed by atoms with Crippen LogP contribution in [-0.4, -0.2) is 52.6 Å². The van der Waals surface area contributed by atoms with Crippen LogP contribution in [-0.2, 0) is 19.6 Å². The highest BCUT2D eigenvalue weighted by Crippen LogP contribution is 2.44. The number of rotatable bonds is 12. The van der Waals surface area contributed by atoms with Crippen LogP contribution in [0.25, 0.3) is 0 Å². The molecule has 6 rings (SSSR count). The molecule has 1 heterocycles. The van der Waals surface area contributed by atoms with E-state index in [2.05, 4.69) is 135 Å². The van der Waals surface area contributed by atoms with Gasteiger partial charge in [0.05, 0.1) is 24.8 Å². The summed E-state index contributed by atoms with van der Waals surface area (Å²) in [5.74, 6) is 1.20. The minimum atomic E-state index is -1.85. The lowest BCUT2D eigenvalue weighted by Crippen LogP contribution is -2.68. The average molecular weight is 682 g/mol. The van der Waals surface area contributed by atoms with Gasteiger partial charge in [-0.1, -0.05) is 169 Å². The molecule has 2 saturated carbocycles. The summed E-state index contributed by atoms with van der Waals surface area (Å²) in [7, 11) is -4.01. The van der Waals surface area contributed by atoms with Crippen molar-refractivity contribution >= 4 is 23.6 Å². The van der Waals surface area contributed by atoms with Crippen LogP contribution in [0.1, 0.15) is 80.9 Å². The molecule has 1 aliphatic heterocycles. The Morgan fingerprint density at radius 2 is 0.958 bits per heavy atom. The van der Waals surface area contributed by atoms with Crippen LogP contribution in [0.2, 0.25) is 39.3 Å². The van der Waals surface area contributed by atoms with Crippen molar-refractivity contribution < 1.29 is 14.0 Å². The molecule has 0 unspecified atom stereocenters. The first-order valence-electron chi connectivity index (χ1n) is 19.0. The van der Waals surface area contributed by atoms with Gasteiger partial charge in [0.1, 0.15) is 22.1 Å². The largest absolute Gasteiger partial charge is 0.476 e. The zero-order valence-electron chi connectivity index (χ0n) is 30.6. The van der Waals surface area contributed by atoms with Crippen LogP contribution < -0.4 is 0 Å². The van der Waals surface area contributed by atoms with Crippen LogP contribution in [0.3, 0.4) is 0 Å². The van der Waals surface area contributed by atoms with Gasteiger partial charge in [-0.2, -0.15) is 0 Å². The van der Waals surface area contributed by atoms with Crippen molar-refractivity contribution in [1.29, 1.82) is 0 Å². The van der Waals surface area contributed by atoms with Crippen LogP contribution in [0.15, 0.2) is 91.0 Å². The molecule has 2 aliphatic carbocycles. The van der Waals surface area contributed by atoms with Crippen molar-refractivity contribution in [3.8, 4) is 0 Å². The molecule has 7 heteroatoms. The lowest BCUT2D eigenvalue weighted by Gasteiger charge is -2.50. The van der Waals surface area contributed by atoms with Crippen molar-refractivity contribution in [2.45, 2.75) is 127 Å². The van der Waals surface area contributed by atoms with Crippen molar-refractivity contribution in [3.63, 3.8) is 0 Å². The molecule has 0 N–H and O–H groups in total. The smallest absolute Gasteiger partial charge is 0.404 e. The second-order valence-electron chi connectivity index (χ2n) is 16.7. The van der Waals surface area contributed by atoms with E-state index < -0.39 is 22.1 Å². The highest BCUT2D eigenvalue weighted by molar-refractivity contribution is 6.90. The predicted octanol–water partition coefficient (Wildman–Crippen LogP) is 10.3. The van der Waals surface area contributed by atoms with Crippen LogP contribution >= 0.6 is 0 Å². The first-order valence-corrected chi connectivity index (χ1v) is 25.9. The fourth-order valence-corrected chi connectivity index (χ4v) is 20.0. The molecule has 3 atom stereocenters. The molecule has 0 bridgehead atoms. The predicted molar refractivity (Wildman–Crippen MR) is 206 cm³/mol. The molecule has 0 amide bonds. The molecule has 3 aromatic carbocycles. The Morgan fingerprint density at radius 1 is 0.604 bits per heavy atom. The molecule has 3 aromatic rings. The summed E-state index contributed by atoms with van der Waals surface area (Å²) >= 11 is 0. The fourth-order valence-electron chi connectivity index (χ4n) is 9.62. The minimum absolute atomic E-state index is 0.00136. The molecule has 3 fully saturated rings. The Morgan fingerprint density at radius 3 is 1.29 bits per heavy atom. The third-order valence-corrected chi connectivity index (χ3v) is 18.8. The van der Waals surface area contributed by atoms with E-state index in [1.165, 1.54) is 64.2 Å². The first-order chi connectivity index (χ1) is 23.1. The summed E-state index contributed by atoms with van der Waals surface area (Å²) in [6.07, 6.45) is 13.5. The van der Waals surface area contributed by atoms with E-state index in [1.807, 2.05) is 0 Å². The maximum atomic E-state index is 7.64. The van der Waals surface area contributed by atoms with Crippen molar-refractivity contribution in [1.82, 2.24) is 4.23 Å². The van der Waals surface area contributed by atoms with Crippen LogP contribution in [0, 0.1) is 11.8 Å². The van der Waals surface area contributed by atoms with E-state index in [1.54, 1.807) is 0 Å². The highest BCUT2D eigenvalue weighted by atomic mass is 28.4. The normalized spacial score (nSPS) is 22.7. The van der Waals surface area contributed by atoms with Gasteiger partial charge in [-0.25, -0.2) is 0 Å². The molecule has 0 spiro atoms. The molecule has 0 aromatic heterocycles. The van der Waals surface area contributed by atoms with E-state index in [-0.39, 0.29) is 25.3 Å². The average Bonchev–Trinajstić information content (AvgIpc) is 3.55. The molecule has 258 valence electrons. The number of benzene rings is 3. The van der Waals surface area contributed by atoms with Gasteiger partial charge in [-0.15, -0.1) is 0 Å².